The molecule has 1 amide bonds. The molecule has 1 aromatic carbocycles. The average molecular weight is 306 g/mol. The first-order chi connectivity index (χ1) is 10.1. The van der Waals surface area contributed by atoms with E-state index >= 15 is 0 Å². The van der Waals surface area contributed by atoms with Gasteiger partial charge in [0, 0.05) is 16.1 Å². The second kappa shape index (κ2) is 5.73. The fourth-order valence-electron chi connectivity index (χ4n) is 2.93. The number of carbonyl (C=O) groups excluding carboxylic acids is 1. The van der Waals surface area contributed by atoms with E-state index in [0.717, 1.165) is 29.8 Å². The normalized spacial score (nSPS) is 22.4. The quantitative estimate of drug-likeness (QED) is 0.895. The molecule has 0 aliphatic carbocycles. The lowest BCUT2D eigenvalue weighted by Gasteiger charge is -2.30. The number of benzene rings is 1. The predicted molar refractivity (Wildman–Crippen MR) is 84.4 cm³/mol. The molecule has 2 unspecified atom stereocenters. The molecule has 112 valence electrons. The molecule has 1 aliphatic heterocycles. The van der Waals surface area contributed by atoms with Gasteiger partial charge in [-0.2, -0.15) is 0 Å². The Morgan fingerprint density at radius 1 is 1.48 bits per heavy atom. The van der Waals surface area contributed by atoms with Crippen LogP contribution in [0.4, 0.5) is 4.39 Å². The van der Waals surface area contributed by atoms with Crippen molar-refractivity contribution in [2.45, 2.75) is 26.3 Å². The van der Waals surface area contributed by atoms with Crippen molar-refractivity contribution in [3.63, 3.8) is 0 Å². The summed E-state index contributed by atoms with van der Waals surface area (Å²) in [5, 5.41) is 7.01. The predicted octanol–water partition coefficient (Wildman–Crippen LogP) is 3.08. The Morgan fingerprint density at radius 2 is 2.29 bits per heavy atom. The second-order valence-corrected chi connectivity index (χ2v) is 6.77. The first kappa shape index (κ1) is 14.5. The number of fused-ring (bicyclic) bond motifs is 1. The molecule has 2 aromatic rings. The Morgan fingerprint density at radius 3 is 3.00 bits per heavy atom. The smallest absolute Gasteiger partial charge is 0.261 e. The number of rotatable bonds is 2. The summed E-state index contributed by atoms with van der Waals surface area (Å²) in [6.45, 7) is 5.80. The van der Waals surface area contributed by atoms with Gasteiger partial charge in [-0.1, -0.05) is 13.0 Å². The fourth-order valence-corrected chi connectivity index (χ4v) is 4.06. The molecule has 2 N–H and O–H groups in total. The molecule has 3 rings (SSSR count). The molecule has 3 nitrogen and oxygen atoms in total. The van der Waals surface area contributed by atoms with Crippen LogP contribution in [0, 0.1) is 18.7 Å². The van der Waals surface area contributed by atoms with Crippen LogP contribution in [0.2, 0.25) is 0 Å². The van der Waals surface area contributed by atoms with Gasteiger partial charge < -0.3 is 10.6 Å². The highest BCUT2D eigenvalue weighted by atomic mass is 32.1. The Kier molecular flexibility index (Phi) is 3.95. The van der Waals surface area contributed by atoms with Crippen molar-refractivity contribution in [2.75, 3.05) is 13.1 Å². The first-order valence-corrected chi connectivity index (χ1v) is 8.08. The number of hydrogen-bond donors (Lipinski definition) is 2. The van der Waals surface area contributed by atoms with Crippen LogP contribution in [0.25, 0.3) is 10.1 Å². The molecule has 1 fully saturated rings. The number of nitrogens with one attached hydrogen (secondary N) is 2. The first-order valence-electron chi connectivity index (χ1n) is 7.27. The van der Waals surface area contributed by atoms with E-state index in [1.807, 2.05) is 13.0 Å². The van der Waals surface area contributed by atoms with E-state index in [1.54, 1.807) is 6.07 Å². The zero-order chi connectivity index (χ0) is 15.0. The Labute approximate surface area is 127 Å². The van der Waals surface area contributed by atoms with Crippen molar-refractivity contribution in [3.8, 4) is 0 Å². The number of hydrogen-bond acceptors (Lipinski definition) is 3. The lowest BCUT2D eigenvalue weighted by molar-refractivity contribution is 0.0918. The number of aryl methyl sites for hydroxylation is 1. The largest absolute Gasteiger partial charge is 0.348 e. The summed E-state index contributed by atoms with van der Waals surface area (Å²) in [7, 11) is 0. The van der Waals surface area contributed by atoms with Crippen molar-refractivity contribution in [3.05, 3.63) is 34.5 Å². The molecule has 2 heterocycles. The zero-order valence-corrected chi connectivity index (χ0v) is 13.0. The van der Waals surface area contributed by atoms with Crippen LogP contribution in [0.5, 0.6) is 0 Å². The fraction of sp³-hybridized carbons (Fsp3) is 0.438. The van der Waals surface area contributed by atoms with Gasteiger partial charge in [-0.15, -0.1) is 11.3 Å². The Hall–Kier alpha value is -1.46. The maximum Gasteiger partial charge on any atom is 0.261 e. The topological polar surface area (TPSA) is 41.1 Å². The van der Waals surface area contributed by atoms with Gasteiger partial charge in [0.25, 0.3) is 5.91 Å². The number of piperidine rings is 1. The third kappa shape index (κ3) is 2.68. The average Bonchev–Trinajstić information content (AvgIpc) is 2.80. The van der Waals surface area contributed by atoms with E-state index in [9.17, 15) is 9.18 Å². The highest BCUT2D eigenvalue weighted by Gasteiger charge is 2.25. The third-order valence-electron chi connectivity index (χ3n) is 4.21. The maximum absolute atomic E-state index is 13.9. The Balaban J connectivity index is 1.88. The van der Waals surface area contributed by atoms with Gasteiger partial charge >= 0.3 is 0 Å². The van der Waals surface area contributed by atoms with Crippen molar-refractivity contribution in [2.24, 2.45) is 5.92 Å². The highest BCUT2D eigenvalue weighted by Crippen LogP contribution is 2.32. The van der Waals surface area contributed by atoms with Gasteiger partial charge in [0.05, 0.1) is 4.88 Å². The van der Waals surface area contributed by atoms with E-state index in [-0.39, 0.29) is 17.8 Å². The summed E-state index contributed by atoms with van der Waals surface area (Å²) in [4.78, 5) is 13.1. The van der Waals surface area contributed by atoms with E-state index in [1.165, 1.54) is 17.4 Å². The standard InChI is InChI=1S/C16H19FN2OS/c1-9-8-18-7-6-12(9)19-16(20)15-10(2)14-11(17)4-3-5-13(14)21-15/h3-5,9,12,18H,6-8H2,1-2H3,(H,19,20). The van der Waals surface area contributed by atoms with Crippen LogP contribution >= 0.6 is 11.3 Å². The zero-order valence-electron chi connectivity index (χ0n) is 12.2. The summed E-state index contributed by atoms with van der Waals surface area (Å²) in [6.07, 6.45) is 0.936. The van der Waals surface area contributed by atoms with E-state index in [4.69, 9.17) is 0 Å². The molecule has 0 bridgehead atoms. The molecule has 0 spiro atoms. The minimum atomic E-state index is -0.254. The van der Waals surface area contributed by atoms with Gasteiger partial charge in [-0.3, -0.25) is 4.79 Å². The SMILES string of the molecule is Cc1c(C(=O)NC2CCNCC2C)sc2cccc(F)c12. The monoisotopic (exact) mass is 306 g/mol. The van der Waals surface area contributed by atoms with Crippen molar-refractivity contribution in [1.29, 1.82) is 0 Å². The number of carbonyl (C=O) groups is 1. The van der Waals surface area contributed by atoms with Crippen LogP contribution in [0.1, 0.15) is 28.6 Å². The van der Waals surface area contributed by atoms with Gasteiger partial charge in [0.2, 0.25) is 0 Å². The van der Waals surface area contributed by atoms with E-state index < -0.39 is 0 Å². The van der Waals surface area contributed by atoms with Crippen molar-refractivity contribution >= 4 is 27.3 Å². The summed E-state index contributed by atoms with van der Waals surface area (Å²) >= 11 is 1.37. The van der Waals surface area contributed by atoms with Gasteiger partial charge in [0.15, 0.2) is 0 Å². The summed E-state index contributed by atoms with van der Waals surface area (Å²) in [6, 6.07) is 5.18. The van der Waals surface area contributed by atoms with Crippen LogP contribution in [0.15, 0.2) is 18.2 Å². The second-order valence-electron chi connectivity index (χ2n) is 5.72. The summed E-state index contributed by atoms with van der Waals surface area (Å²) < 4.78 is 14.7. The number of thiophene rings is 1. The summed E-state index contributed by atoms with van der Waals surface area (Å²) in [5.74, 6) is 0.0801. The maximum atomic E-state index is 13.9. The van der Waals surface area contributed by atoms with Crippen LogP contribution < -0.4 is 10.6 Å². The Bertz CT molecular complexity index is 682. The third-order valence-corrected chi connectivity index (χ3v) is 5.47. The van der Waals surface area contributed by atoms with E-state index in [0.29, 0.717) is 16.2 Å². The van der Waals surface area contributed by atoms with Gasteiger partial charge in [-0.25, -0.2) is 4.39 Å². The van der Waals surface area contributed by atoms with Crippen LogP contribution in [-0.4, -0.2) is 25.0 Å². The molecule has 0 saturated carbocycles. The van der Waals surface area contributed by atoms with E-state index in [2.05, 4.69) is 17.6 Å². The molecule has 0 radical (unpaired) electrons. The molecular formula is C16H19FN2OS. The highest BCUT2D eigenvalue weighted by molar-refractivity contribution is 7.21. The van der Waals surface area contributed by atoms with Crippen molar-refractivity contribution < 1.29 is 9.18 Å². The lowest BCUT2D eigenvalue weighted by Crippen LogP contribution is -2.48. The van der Waals surface area contributed by atoms with Crippen LogP contribution in [0.3, 0.4) is 0 Å². The van der Waals surface area contributed by atoms with Crippen LogP contribution in [-0.2, 0) is 0 Å². The number of amides is 1. The van der Waals surface area contributed by atoms with Gasteiger partial charge in [0.1, 0.15) is 5.82 Å². The van der Waals surface area contributed by atoms with Gasteiger partial charge in [-0.05, 0) is 50.0 Å². The molecule has 21 heavy (non-hydrogen) atoms. The molecule has 1 saturated heterocycles. The molecule has 5 heteroatoms. The lowest BCUT2D eigenvalue weighted by atomic mass is 9.95. The minimum Gasteiger partial charge on any atom is -0.348 e. The molecule has 1 aliphatic rings. The summed E-state index contributed by atoms with van der Waals surface area (Å²) in [5.41, 5.74) is 0.743. The van der Waals surface area contributed by atoms with Crippen molar-refractivity contribution in [1.82, 2.24) is 10.6 Å². The molecular weight excluding hydrogens is 287 g/mol. The minimum absolute atomic E-state index is 0.0770. The number of halogens is 1. The molecule has 2 atom stereocenters. The molecule has 1 aromatic heterocycles.